The molecule has 3 aromatic carbocycles. The monoisotopic (exact) mass is 434 g/mol. The number of nitrogens with one attached hydrogen (secondary N) is 1. The van der Waals surface area contributed by atoms with Gasteiger partial charge in [0.25, 0.3) is 11.8 Å². The minimum atomic E-state index is -0.450. The van der Waals surface area contributed by atoms with E-state index in [1.165, 1.54) is 0 Å². The van der Waals surface area contributed by atoms with Crippen molar-refractivity contribution in [3.63, 3.8) is 0 Å². The third-order valence-electron chi connectivity index (χ3n) is 4.91. The van der Waals surface area contributed by atoms with Crippen LogP contribution < -0.4 is 19.7 Å². The highest BCUT2D eigenvalue weighted by atomic mass is 35.5. The second-order valence-corrected chi connectivity index (χ2v) is 7.19. The van der Waals surface area contributed by atoms with Gasteiger partial charge in [0, 0.05) is 10.7 Å². The summed E-state index contributed by atoms with van der Waals surface area (Å²) in [7, 11) is 3.15. The second-order valence-electron chi connectivity index (χ2n) is 6.75. The number of carbonyl (C=O) groups excluding carboxylic acids is 2. The lowest BCUT2D eigenvalue weighted by molar-refractivity contribution is -0.120. The van der Waals surface area contributed by atoms with Crippen molar-refractivity contribution in [1.82, 2.24) is 0 Å². The lowest BCUT2D eigenvalue weighted by Crippen LogP contribution is -2.32. The van der Waals surface area contributed by atoms with Crippen molar-refractivity contribution in [3.05, 3.63) is 89.1 Å². The molecule has 1 heterocycles. The molecule has 0 spiro atoms. The molecular formula is C24H19ClN2O4. The molecule has 1 aliphatic rings. The first-order valence-corrected chi connectivity index (χ1v) is 9.83. The molecule has 3 aromatic rings. The number of carbonyl (C=O) groups is 2. The van der Waals surface area contributed by atoms with E-state index in [-0.39, 0.29) is 11.3 Å². The van der Waals surface area contributed by atoms with Crippen LogP contribution in [0.4, 0.5) is 11.4 Å². The van der Waals surface area contributed by atoms with Crippen molar-refractivity contribution in [2.24, 2.45) is 0 Å². The third kappa shape index (κ3) is 3.98. The molecule has 31 heavy (non-hydrogen) atoms. The average Bonchev–Trinajstić information content (AvgIpc) is 3.04. The molecule has 0 radical (unpaired) electrons. The van der Waals surface area contributed by atoms with E-state index in [1.54, 1.807) is 87.0 Å². The Balaban J connectivity index is 1.78. The van der Waals surface area contributed by atoms with E-state index in [4.69, 9.17) is 21.1 Å². The first kappa shape index (κ1) is 20.5. The van der Waals surface area contributed by atoms with Crippen molar-refractivity contribution in [3.8, 4) is 11.5 Å². The fraction of sp³-hybridized carbons (Fsp3) is 0.0833. The average molecular weight is 435 g/mol. The van der Waals surface area contributed by atoms with Crippen LogP contribution in [0.5, 0.6) is 11.5 Å². The van der Waals surface area contributed by atoms with Gasteiger partial charge in [0.2, 0.25) is 0 Å². The molecular weight excluding hydrogens is 416 g/mol. The standard InChI is InChI=1S/C24H19ClN2O4/c1-30-19-11-3-15(4-12-19)21-22(26-17-7-13-20(31-2)14-8-17)24(29)27(23(21)28)18-9-5-16(25)6-10-18/h3-14,26H,1-2H3. The summed E-state index contributed by atoms with van der Waals surface area (Å²) in [6, 6.07) is 20.6. The molecule has 0 unspecified atom stereocenters. The minimum Gasteiger partial charge on any atom is -0.497 e. The number of amides is 2. The van der Waals surface area contributed by atoms with Gasteiger partial charge in [0.1, 0.15) is 17.2 Å². The number of imide groups is 1. The lowest BCUT2D eigenvalue weighted by atomic mass is 10.0. The molecule has 0 bridgehead atoms. The van der Waals surface area contributed by atoms with Gasteiger partial charge in [-0.25, -0.2) is 4.90 Å². The molecule has 4 rings (SSSR count). The highest BCUT2D eigenvalue weighted by Crippen LogP contribution is 2.35. The summed E-state index contributed by atoms with van der Waals surface area (Å²) < 4.78 is 10.4. The Morgan fingerprint density at radius 3 is 1.84 bits per heavy atom. The highest BCUT2D eigenvalue weighted by molar-refractivity contribution is 6.46. The van der Waals surface area contributed by atoms with Crippen LogP contribution >= 0.6 is 11.6 Å². The second kappa shape index (κ2) is 8.53. The van der Waals surface area contributed by atoms with Crippen molar-refractivity contribution in [1.29, 1.82) is 0 Å². The van der Waals surface area contributed by atoms with Crippen LogP contribution in [-0.4, -0.2) is 26.0 Å². The maximum atomic E-state index is 13.4. The van der Waals surface area contributed by atoms with Gasteiger partial charge >= 0.3 is 0 Å². The fourth-order valence-electron chi connectivity index (χ4n) is 3.31. The third-order valence-corrected chi connectivity index (χ3v) is 5.16. The van der Waals surface area contributed by atoms with Crippen LogP contribution in [0, 0.1) is 0 Å². The number of nitrogens with zero attached hydrogens (tertiary/aromatic N) is 1. The predicted molar refractivity (Wildman–Crippen MR) is 120 cm³/mol. The van der Waals surface area contributed by atoms with Crippen LogP contribution in [0.2, 0.25) is 5.02 Å². The van der Waals surface area contributed by atoms with Crippen molar-refractivity contribution in [2.75, 3.05) is 24.4 Å². The Labute approximate surface area is 184 Å². The Morgan fingerprint density at radius 2 is 1.29 bits per heavy atom. The first-order chi connectivity index (χ1) is 15.0. The van der Waals surface area contributed by atoms with Gasteiger partial charge < -0.3 is 14.8 Å². The summed E-state index contributed by atoms with van der Waals surface area (Å²) in [6.07, 6.45) is 0. The van der Waals surface area contributed by atoms with Gasteiger partial charge in [0.15, 0.2) is 0 Å². The highest BCUT2D eigenvalue weighted by Gasteiger charge is 2.40. The number of hydrogen-bond acceptors (Lipinski definition) is 5. The number of benzene rings is 3. The van der Waals surface area contributed by atoms with E-state index in [0.29, 0.717) is 33.5 Å². The number of anilines is 2. The summed E-state index contributed by atoms with van der Waals surface area (Å²) in [6.45, 7) is 0. The van der Waals surface area contributed by atoms with Crippen LogP contribution in [-0.2, 0) is 9.59 Å². The summed E-state index contributed by atoms with van der Waals surface area (Å²) in [4.78, 5) is 27.9. The molecule has 0 aromatic heterocycles. The van der Waals surface area contributed by atoms with Crippen molar-refractivity contribution < 1.29 is 19.1 Å². The topological polar surface area (TPSA) is 67.9 Å². The Kier molecular flexibility index (Phi) is 5.64. The Hall–Kier alpha value is -3.77. The molecule has 1 aliphatic heterocycles. The van der Waals surface area contributed by atoms with Crippen LogP contribution in [0.1, 0.15) is 5.56 Å². The normalized spacial score (nSPS) is 13.6. The first-order valence-electron chi connectivity index (χ1n) is 9.46. The number of ether oxygens (including phenoxy) is 2. The maximum Gasteiger partial charge on any atom is 0.282 e. The van der Waals surface area contributed by atoms with Crippen LogP contribution in [0.15, 0.2) is 78.5 Å². The van der Waals surface area contributed by atoms with E-state index in [9.17, 15) is 9.59 Å². The number of hydrogen-bond donors (Lipinski definition) is 1. The van der Waals surface area contributed by atoms with Crippen molar-refractivity contribution in [2.45, 2.75) is 0 Å². The molecule has 6 nitrogen and oxygen atoms in total. The van der Waals surface area contributed by atoms with Crippen LogP contribution in [0.25, 0.3) is 5.57 Å². The molecule has 2 amide bonds. The SMILES string of the molecule is COc1ccc(NC2=C(c3ccc(OC)cc3)C(=O)N(c3ccc(Cl)cc3)C2=O)cc1. The van der Waals surface area contributed by atoms with E-state index in [0.717, 1.165) is 4.90 Å². The predicted octanol–water partition coefficient (Wildman–Crippen LogP) is 4.75. The van der Waals surface area contributed by atoms with Gasteiger partial charge in [-0.3, -0.25) is 9.59 Å². The van der Waals surface area contributed by atoms with Gasteiger partial charge in [-0.15, -0.1) is 0 Å². The van der Waals surface area contributed by atoms with E-state index in [1.807, 2.05) is 0 Å². The summed E-state index contributed by atoms with van der Waals surface area (Å²) in [5.74, 6) is 0.467. The van der Waals surface area contributed by atoms with E-state index < -0.39 is 11.8 Å². The molecule has 0 atom stereocenters. The summed E-state index contributed by atoms with van der Waals surface area (Å²) in [5, 5.41) is 3.63. The Bertz CT molecular complexity index is 1150. The van der Waals surface area contributed by atoms with Gasteiger partial charge in [-0.05, 0) is 66.2 Å². The van der Waals surface area contributed by atoms with E-state index >= 15 is 0 Å². The lowest BCUT2D eigenvalue weighted by Gasteiger charge is -2.15. The zero-order valence-corrected chi connectivity index (χ0v) is 17.6. The number of rotatable bonds is 6. The Morgan fingerprint density at radius 1 is 0.742 bits per heavy atom. The molecule has 1 N–H and O–H groups in total. The molecule has 0 saturated heterocycles. The zero-order valence-electron chi connectivity index (χ0n) is 16.9. The molecule has 7 heteroatoms. The van der Waals surface area contributed by atoms with Gasteiger partial charge in [-0.1, -0.05) is 23.7 Å². The smallest absolute Gasteiger partial charge is 0.282 e. The van der Waals surface area contributed by atoms with Crippen LogP contribution in [0.3, 0.4) is 0 Å². The van der Waals surface area contributed by atoms with Gasteiger partial charge in [0.05, 0.1) is 25.5 Å². The van der Waals surface area contributed by atoms with Gasteiger partial charge in [-0.2, -0.15) is 0 Å². The molecule has 0 saturated carbocycles. The number of halogens is 1. The summed E-state index contributed by atoms with van der Waals surface area (Å²) >= 11 is 5.97. The van der Waals surface area contributed by atoms with Crippen molar-refractivity contribution >= 4 is 40.4 Å². The summed E-state index contributed by atoms with van der Waals surface area (Å²) in [5.41, 5.74) is 2.16. The minimum absolute atomic E-state index is 0.190. The zero-order chi connectivity index (χ0) is 22.0. The van der Waals surface area contributed by atoms with E-state index in [2.05, 4.69) is 5.32 Å². The fourth-order valence-corrected chi connectivity index (χ4v) is 3.44. The molecule has 0 fully saturated rings. The molecule has 156 valence electrons. The maximum absolute atomic E-state index is 13.4. The number of methoxy groups -OCH3 is 2. The molecule has 0 aliphatic carbocycles. The quantitative estimate of drug-likeness (QED) is 0.567. The largest absolute Gasteiger partial charge is 0.497 e.